The molecular weight excluding hydrogens is 410 g/mol. The molecule has 2 atom stereocenters. The monoisotopic (exact) mass is 435 g/mol. The molecule has 0 radical (unpaired) electrons. The molecule has 1 aliphatic heterocycles. The zero-order chi connectivity index (χ0) is 19.5. The summed E-state index contributed by atoms with van der Waals surface area (Å²) in [5, 5.41) is 0. The topological polar surface area (TPSA) is 12.5 Å². The maximum absolute atomic E-state index is 6.35. The first kappa shape index (κ1) is 19.2. The van der Waals surface area contributed by atoms with Gasteiger partial charge in [-0.25, -0.2) is 0 Å². The minimum Gasteiger partial charge on any atom is -0.487 e. The third kappa shape index (κ3) is 4.01. The summed E-state index contributed by atoms with van der Waals surface area (Å²) < 4.78 is 7.38. The van der Waals surface area contributed by atoms with Crippen LogP contribution in [0.15, 0.2) is 77.3 Å². The van der Waals surface area contributed by atoms with Crippen molar-refractivity contribution >= 4 is 15.9 Å². The molecule has 0 amide bonds. The quantitative estimate of drug-likeness (QED) is 0.451. The summed E-state index contributed by atoms with van der Waals surface area (Å²) in [5.41, 5.74) is 5.26. The Morgan fingerprint density at radius 2 is 1.54 bits per heavy atom. The summed E-state index contributed by atoms with van der Waals surface area (Å²) in [6.07, 6.45) is 1.04. The van der Waals surface area contributed by atoms with Crippen molar-refractivity contribution in [3.63, 3.8) is 0 Å². The van der Waals surface area contributed by atoms with Gasteiger partial charge in [0, 0.05) is 24.2 Å². The highest BCUT2D eigenvalue weighted by molar-refractivity contribution is 9.10. The van der Waals surface area contributed by atoms with Gasteiger partial charge in [-0.15, -0.1) is 0 Å². The third-order valence-corrected chi connectivity index (χ3v) is 6.29. The van der Waals surface area contributed by atoms with Crippen LogP contribution < -0.4 is 4.74 Å². The second kappa shape index (κ2) is 8.50. The van der Waals surface area contributed by atoms with Crippen molar-refractivity contribution < 1.29 is 4.74 Å². The van der Waals surface area contributed by atoms with Crippen LogP contribution in [0.4, 0.5) is 0 Å². The fourth-order valence-electron chi connectivity index (χ4n) is 4.20. The molecule has 0 saturated heterocycles. The number of nitrogens with zero attached hydrogens (tertiary/aromatic N) is 1. The summed E-state index contributed by atoms with van der Waals surface area (Å²) in [7, 11) is 0. The molecule has 0 bridgehead atoms. The first-order valence-electron chi connectivity index (χ1n) is 9.91. The normalized spacial score (nSPS) is 19.2. The fraction of sp³-hybridized carbons (Fsp3) is 0.280. The molecule has 0 aliphatic carbocycles. The molecule has 3 aromatic rings. The molecule has 1 unspecified atom stereocenters. The fourth-order valence-corrected chi connectivity index (χ4v) is 4.66. The van der Waals surface area contributed by atoms with E-state index in [4.69, 9.17) is 4.74 Å². The summed E-state index contributed by atoms with van der Waals surface area (Å²) in [5.74, 6) is 0.985. The van der Waals surface area contributed by atoms with Gasteiger partial charge in [-0.2, -0.15) is 0 Å². The summed E-state index contributed by atoms with van der Waals surface area (Å²) >= 11 is 3.73. The summed E-state index contributed by atoms with van der Waals surface area (Å²) in [6.45, 7) is 6.16. The van der Waals surface area contributed by atoms with Crippen LogP contribution in [0.5, 0.6) is 5.75 Å². The largest absolute Gasteiger partial charge is 0.487 e. The van der Waals surface area contributed by atoms with Gasteiger partial charge < -0.3 is 4.74 Å². The molecule has 1 aliphatic rings. The van der Waals surface area contributed by atoms with E-state index in [2.05, 4.69) is 101 Å². The zero-order valence-electron chi connectivity index (χ0n) is 16.4. The van der Waals surface area contributed by atoms with Crippen molar-refractivity contribution in [2.45, 2.75) is 45.5 Å². The molecule has 0 spiro atoms. The Bertz CT molecular complexity index is 926. The van der Waals surface area contributed by atoms with Crippen molar-refractivity contribution in [2.75, 3.05) is 0 Å². The maximum atomic E-state index is 6.35. The van der Waals surface area contributed by atoms with E-state index in [1.165, 1.54) is 22.3 Å². The number of halogens is 1. The van der Waals surface area contributed by atoms with Gasteiger partial charge in [0.25, 0.3) is 0 Å². The van der Waals surface area contributed by atoms with E-state index in [1.807, 2.05) is 6.07 Å². The molecule has 1 heterocycles. The Morgan fingerprint density at radius 1 is 0.893 bits per heavy atom. The van der Waals surface area contributed by atoms with Gasteiger partial charge in [0.2, 0.25) is 0 Å². The van der Waals surface area contributed by atoms with E-state index in [0.717, 1.165) is 23.2 Å². The van der Waals surface area contributed by atoms with Crippen LogP contribution in [-0.2, 0) is 19.6 Å². The lowest BCUT2D eigenvalue weighted by Crippen LogP contribution is -2.40. The Kier molecular flexibility index (Phi) is 5.84. The molecular formula is C25H26BrNO. The van der Waals surface area contributed by atoms with E-state index in [0.29, 0.717) is 18.7 Å². The number of hydrogen-bond acceptors (Lipinski definition) is 2. The standard InChI is InChI=1S/C25H26BrNO/c1-18-15-22-13-14-23(26)25(28-17-21-11-7-4-8-12-21)24(22)19(2)27(18)16-20-9-5-3-6-10-20/h3-14,18-19H,15-17H2,1-2H3/t18?,19-/m1/s1. The van der Waals surface area contributed by atoms with Crippen molar-refractivity contribution in [2.24, 2.45) is 0 Å². The number of benzene rings is 3. The van der Waals surface area contributed by atoms with E-state index >= 15 is 0 Å². The van der Waals surface area contributed by atoms with E-state index in [1.54, 1.807) is 0 Å². The Morgan fingerprint density at radius 3 is 2.21 bits per heavy atom. The second-order valence-corrected chi connectivity index (χ2v) is 8.46. The van der Waals surface area contributed by atoms with Crippen molar-refractivity contribution in [1.82, 2.24) is 4.90 Å². The van der Waals surface area contributed by atoms with Crippen LogP contribution in [0.1, 0.15) is 42.1 Å². The first-order valence-corrected chi connectivity index (χ1v) is 10.7. The Labute approximate surface area is 176 Å². The van der Waals surface area contributed by atoms with Gasteiger partial charge in [-0.3, -0.25) is 4.90 Å². The maximum Gasteiger partial charge on any atom is 0.139 e. The SMILES string of the molecule is CC1Cc2ccc(Br)c(OCc3ccccc3)c2[C@@H](C)N1Cc1ccccc1. The molecule has 2 nitrogen and oxygen atoms in total. The predicted molar refractivity (Wildman–Crippen MR) is 118 cm³/mol. The number of fused-ring (bicyclic) bond motifs is 1. The second-order valence-electron chi connectivity index (χ2n) is 7.61. The summed E-state index contributed by atoms with van der Waals surface area (Å²) in [6, 6.07) is 26.3. The average Bonchev–Trinajstić information content (AvgIpc) is 2.72. The lowest BCUT2D eigenvalue weighted by atomic mass is 9.88. The molecule has 28 heavy (non-hydrogen) atoms. The van der Waals surface area contributed by atoms with Crippen LogP contribution >= 0.6 is 15.9 Å². The highest BCUT2D eigenvalue weighted by Crippen LogP contribution is 2.43. The van der Waals surface area contributed by atoms with Gasteiger partial charge in [-0.1, -0.05) is 66.7 Å². The molecule has 0 fully saturated rings. The smallest absolute Gasteiger partial charge is 0.139 e. The zero-order valence-corrected chi connectivity index (χ0v) is 18.0. The number of rotatable bonds is 5. The van der Waals surface area contributed by atoms with Crippen LogP contribution in [0.3, 0.4) is 0 Å². The molecule has 3 aromatic carbocycles. The molecule has 4 rings (SSSR count). The predicted octanol–water partition coefficient (Wildman–Crippen LogP) is 6.54. The highest BCUT2D eigenvalue weighted by Gasteiger charge is 2.32. The van der Waals surface area contributed by atoms with Gasteiger partial charge in [-0.05, 0) is 59.0 Å². The lowest BCUT2D eigenvalue weighted by molar-refractivity contribution is 0.125. The lowest BCUT2D eigenvalue weighted by Gasteiger charge is -2.41. The van der Waals surface area contributed by atoms with Gasteiger partial charge >= 0.3 is 0 Å². The molecule has 0 N–H and O–H groups in total. The molecule has 144 valence electrons. The number of hydrogen-bond donors (Lipinski definition) is 0. The Balaban J connectivity index is 1.63. The highest BCUT2D eigenvalue weighted by atomic mass is 79.9. The van der Waals surface area contributed by atoms with E-state index < -0.39 is 0 Å². The minimum atomic E-state index is 0.294. The summed E-state index contributed by atoms with van der Waals surface area (Å²) in [4.78, 5) is 2.58. The minimum absolute atomic E-state index is 0.294. The van der Waals surface area contributed by atoms with E-state index in [9.17, 15) is 0 Å². The first-order chi connectivity index (χ1) is 13.6. The van der Waals surface area contributed by atoms with Gasteiger partial charge in [0.15, 0.2) is 0 Å². The van der Waals surface area contributed by atoms with Crippen LogP contribution in [0.2, 0.25) is 0 Å². The molecule has 0 saturated carbocycles. The Hall–Kier alpha value is -2.10. The molecule has 3 heteroatoms. The molecule has 0 aromatic heterocycles. The third-order valence-electron chi connectivity index (χ3n) is 5.67. The van der Waals surface area contributed by atoms with Gasteiger partial charge in [0.05, 0.1) is 4.47 Å². The van der Waals surface area contributed by atoms with Crippen molar-refractivity contribution in [1.29, 1.82) is 0 Å². The number of ether oxygens (including phenoxy) is 1. The van der Waals surface area contributed by atoms with E-state index in [-0.39, 0.29) is 0 Å². The van der Waals surface area contributed by atoms with Crippen molar-refractivity contribution in [3.05, 3.63) is 99.5 Å². The van der Waals surface area contributed by atoms with Crippen LogP contribution in [-0.4, -0.2) is 10.9 Å². The van der Waals surface area contributed by atoms with Crippen LogP contribution in [0.25, 0.3) is 0 Å². The average molecular weight is 436 g/mol. The van der Waals surface area contributed by atoms with Gasteiger partial charge in [0.1, 0.15) is 12.4 Å². The van der Waals surface area contributed by atoms with Crippen molar-refractivity contribution in [3.8, 4) is 5.75 Å². The van der Waals surface area contributed by atoms with Crippen LogP contribution in [0, 0.1) is 0 Å².